The van der Waals surface area contributed by atoms with E-state index in [2.05, 4.69) is 15.5 Å². The Kier molecular flexibility index (Phi) is 3.19. The van der Waals surface area contributed by atoms with Crippen LogP contribution in [-0.4, -0.2) is 20.7 Å². The van der Waals surface area contributed by atoms with E-state index in [1.165, 1.54) is 4.57 Å². The van der Waals surface area contributed by atoms with Gasteiger partial charge in [0.05, 0.1) is 23.7 Å². The van der Waals surface area contributed by atoms with Crippen molar-refractivity contribution in [2.24, 2.45) is 7.05 Å². The molecule has 2 aromatic carbocycles. The van der Waals surface area contributed by atoms with Gasteiger partial charge in [0.2, 0.25) is 5.91 Å². The maximum atomic E-state index is 12.3. The molecule has 0 spiro atoms. The first kappa shape index (κ1) is 14.3. The van der Waals surface area contributed by atoms with Gasteiger partial charge in [-0.2, -0.15) is 5.10 Å². The van der Waals surface area contributed by atoms with Crippen LogP contribution in [0.5, 0.6) is 0 Å². The van der Waals surface area contributed by atoms with Gasteiger partial charge in [0.15, 0.2) is 5.58 Å². The zero-order valence-corrected chi connectivity index (χ0v) is 12.9. The third-order valence-electron chi connectivity index (χ3n) is 3.95. The Hall–Kier alpha value is -3.35. The first-order valence-electron chi connectivity index (χ1n) is 7.41. The lowest BCUT2D eigenvalue weighted by atomic mass is 10.1. The number of H-pyrrole nitrogens is 1. The minimum absolute atomic E-state index is 0.137. The van der Waals surface area contributed by atoms with Crippen molar-refractivity contribution in [3.63, 3.8) is 0 Å². The molecule has 0 atom stereocenters. The van der Waals surface area contributed by atoms with Crippen LogP contribution in [0.15, 0.2) is 51.8 Å². The number of aromatic amines is 1. The molecule has 120 valence electrons. The molecule has 0 saturated heterocycles. The Labute approximate surface area is 135 Å². The summed E-state index contributed by atoms with van der Waals surface area (Å²) in [6.07, 6.45) is 1.93. The fourth-order valence-corrected chi connectivity index (χ4v) is 2.69. The Balaban J connectivity index is 1.54. The van der Waals surface area contributed by atoms with Crippen LogP contribution < -0.4 is 11.1 Å². The predicted molar refractivity (Wildman–Crippen MR) is 89.9 cm³/mol. The van der Waals surface area contributed by atoms with Gasteiger partial charge in [-0.05, 0) is 35.9 Å². The van der Waals surface area contributed by atoms with Crippen molar-refractivity contribution in [3.8, 4) is 0 Å². The molecule has 2 aromatic heterocycles. The van der Waals surface area contributed by atoms with Crippen LogP contribution in [0.2, 0.25) is 0 Å². The number of oxazole rings is 1. The normalized spacial score (nSPS) is 11.2. The van der Waals surface area contributed by atoms with E-state index in [-0.39, 0.29) is 12.3 Å². The first-order valence-corrected chi connectivity index (χ1v) is 7.41. The second-order valence-electron chi connectivity index (χ2n) is 5.63. The number of nitrogens with zero attached hydrogens (tertiary/aromatic N) is 2. The third-order valence-corrected chi connectivity index (χ3v) is 3.95. The molecule has 4 rings (SSSR count). The second-order valence-corrected chi connectivity index (χ2v) is 5.63. The number of fused-ring (bicyclic) bond motifs is 2. The van der Waals surface area contributed by atoms with Crippen LogP contribution in [0, 0.1) is 0 Å². The van der Waals surface area contributed by atoms with Crippen LogP contribution in [0.1, 0.15) is 5.56 Å². The lowest BCUT2D eigenvalue weighted by Gasteiger charge is -2.06. The predicted octanol–water partition coefficient (Wildman–Crippen LogP) is 2.19. The topological polar surface area (TPSA) is 92.9 Å². The van der Waals surface area contributed by atoms with Crippen LogP contribution in [0.3, 0.4) is 0 Å². The van der Waals surface area contributed by atoms with Crippen LogP contribution in [-0.2, 0) is 18.3 Å². The molecule has 0 bridgehead atoms. The highest BCUT2D eigenvalue weighted by Crippen LogP contribution is 2.18. The van der Waals surface area contributed by atoms with Gasteiger partial charge in [0.25, 0.3) is 0 Å². The lowest BCUT2D eigenvalue weighted by molar-refractivity contribution is -0.115. The molecule has 0 aliphatic heterocycles. The van der Waals surface area contributed by atoms with Gasteiger partial charge in [0, 0.05) is 18.1 Å². The van der Waals surface area contributed by atoms with E-state index in [4.69, 9.17) is 4.42 Å². The molecule has 2 N–H and O–H groups in total. The highest BCUT2D eigenvalue weighted by Gasteiger charge is 2.10. The highest BCUT2D eigenvalue weighted by molar-refractivity contribution is 5.95. The number of aryl methyl sites for hydroxylation is 1. The number of nitrogens with one attached hydrogen (secondary N) is 2. The largest absolute Gasteiger partial charge is 0.419 e. The zero-order chi connectivity index (χ0) is 16.7. The average Bonchev–Trinajstić information content (AvgIpc) is 3.13. The van der Waals surface area contributed by atoms with E-state index in [0.717, 1.165) is 16.5 Å². The fourth-order valence-electron chi connectivity index (χ4n) is 2.69. The Morgan fingerprint density at radius 3 is 3.04 bits per heavy atom. The number of aromatic nitrogens is 3. The van der Waals surface area contributed by atoms with Crippen molar-refractivity contribution in [2.45, 2.75) is 6.42 Å². The molecule has 0 unspecified atom stereocenters. The van der Waals surface area contributed by atoms with Gasteiger partial charge in [-0.25, -0.2) is 4.79 Å². The standard InChI is InChI=1S/C17H14N4O3/c1-21-14-6-10(2-5-15(14)24-17(21)23)7-16(22)19-12-4-3-11-9-18-20-13(11)8-12/h2-6,8-9H,7H2,1H3,(H,18,20)(H,19,22). The van der Waals surface area contributed by atoms with Gasteiger partial charge in [-0.3, -0.25) is 14.5 Å². The quantitative estimate of drug-likeness (QED) is 0.604. The fraction of sp³-hybridized carbons (Fsp3) is 0.118. The Morgan fingerprint density at radius 1 is 1.29 bits per heavy atom. The molecule has 7 nitrogen and oxygen atoms in total. The van der Waals surface area contributed by atoms with Gasteiger partial charge >= 0.3 is 5.76 Å². The van der Waals surface area contributed by atoms with E-state index < -0.39 is 5.76 Å². The second kappa shape index (κ2) is 5.38. The molecule has 7 heteroatoms. The minimum atomic E-state index is -0.417. The maximum Gasteiger partial charge on any atom is 0.419 e. The van der Waals surface area contributed by atoms with Crippen LogP contribution in [0.25, 0.3) is 22.0 Å². The zero-order valence-electron chi connectivity index (χ0n) is 12.9. The monoisotopic (exact) mass is 322 g/mol. The van der Waals surface area contributed by atoms with E-state index in [1.54, 1.807) is 31.4 Å². The summed E-state index contributed by atoms with van der Waals surface area (Å²) in [6.45, 7) is 0. The SMILES string of the molecule is Cn1c(=O)oc2ccc(CC(=O)Nc3ccc4cn[nH]c4c3)cc21. The lowest BCUT2D eigenvalue weighted by Crippen LogP contribution is -2.14. The summed E-state index contributed by atoms with van der Waals surface area (Å²) in [5, 5.41) is 10.7. The van der Waals surface area contributed by atoms with Gasteiger partial charge in [0.1, 0.15) is 0 Å². The summed E-state index contributed by atoms with van der Waals surface area (Å²) >= 11 is 0. The number of anilines is 1. The molecule has 24 heavy (non-hydrogen) atoms. The average molecular weight is 322 g/mol. The van der Waals surface area contributed by atoms with E-state index in [9.17, 15) is 9.59 Å². The van der Waals surface area contributed by atoms with Gasteiger partial charge in [-0.1, -0.05) is 6.07 Å². The Bertz CT molecular complexity index is 1120. The third kappa shape index (κ3) is 2.45. The van der Waals surface area contributed by atoms with Crippen molar-refractivity contribution in [3.05, 3.63) is 58.7 Å². The number of amides is 1. The molecule has 0 saturated carbocycles. The molecule has 4 aromatic rings. The number of benzene rings is 2. The summed E-state index contributed by atoms with van der Waals surface area (Å²) in [7, 11) is 1.64. The summed E-state index contributed by atoms with van der Waals surface area (Å²) < 4.78 is 6.50. The van der Waals surface area contributed by atoms with Crippen molar-refractivity contribution < 1.29 is 9.21 Å². The molecular formula is C17H14N4O3. The van der Waals surface area contributed by atoms with E-state index in [0.29, 0.717) is 16.8 Å². The minimum Gasteiger partial charge on any atom is -0.408 e. The smallest absolute Gasteiger partial charge is 0.408 e. The first-order chi connectivity index (χ1) is 11.6. The van der Waals surface area contributed by atoms with Crippen molar-refractivity contribution >= 4 is 33.6 Å². The van der Waals surface area contributed by atoms with Crippen LogP contribution in [0.4, 0.5) is 5.69 Å². The van der Waals surface area contributed by atoms with Gasteiger partial charge in [-0.15, -0.1) is 0 Å². The molecule has 0 aliphatic carbocycles. The number of hydrogen-bond acceptors (Lipinski definition) is 4. The summed E-state index contributed by atoms with van der Waals surface area (Å²) in [6, 6.07) is 10.8. The maximum absolute atomic E-state index is 12.3. The number of hydrogen-bond donors (Lipinski definition) is 2. The summed E-state index contributed by atoms with van der Waals surface area (Å²) in [5.74, 6) is -0.554. The van der Waals surface area contributed by atoms with Gasteiger partial charge < -0.3 is 9.73 Å². The number of carbonyl (C=O) groups excluding carboxylic acids is 1. The van der Waals surface area contributed by atoms with Crippen molar-refractivity contribution in [1.82, 2.24) is 14.8 Å². The van der Waals surface area contributed by atoms with Crippen LogP contribution >= 0.6 is 0 Å². The summed E-state index contributed by atoms with van der Waals surface area (Å²) in [5.41, 5.74) is 3.55. The summed E-state index contributed by atoms with van der Waals surface area (Å²) in [4.78, 5) is 23.8. The number of rotatable bonds is 3. The van der Waals surface area contributed by atoms with Crippen molar-refractivity contribution in [1.29, 1.82) is 0 Å². The molecule has 0 fully saturated rings. The molecular weight excluding hydrogens is 308 g/mol. The van der Waals surface area contributed by atoms with E-state index >= 15 is 0 Å². The molecule has 0 radical (unpaired) electrons. The highest BCUT2D eigenvalue weighted by atomic mass is 16.4. The molecule has 1 amide bonds. The van der Waals surface area contributed by atoms with E-state index in [1.807, 2.05) is 18.2 Å². The molecule has 0 aliphatic rings. The molecule has 2 heterocycles. The van der Waals surface area contributed by atoms with Crippen molar-refractivity contribution in [2.75, 3.05) is 5.32 Å². The number of carbonyl (C=O) groups is 1. The Morgan fingerprint density at radius 2 is 2.17 bits per heavy atom.